The third kappa shape index (κ3) is 3.80. The number of fused-ring (bicyclic) bond motifs is 1. The van der Waals surface area contributed by atoms with Gasteiger partial charge in [-0.1, -0.05) is 18.2 Å². The molecule has 0 fully saturated rings. The number of carbonyl (C=O) groups excluding carboxylic acids is 2. The summed E-state index contributed by atoms with van der Waals surface area (Å²) in [5, 5.41) is 5.38. The van der Waals surface area contributed by atoms with Crippen LogP contribution in [-0.4, -0.2) is 29.9 Å². The Morgan fingerprint density at radius 3 is 2.75 bits per heavy atom. The van der Waals surface area contributed by atoms with E-state index >= 15 is 0 Å². The Bertz CT molecular complexity index is 1020. The maximum Gasteiger partial charge on any atom is 0.316 e. The third-order valence-corrected chi connectivity index (χ3v) is 5.58. The smallest absolute Gasteiger partial charge is 0.316 e. The van der Waals surface area contributed by atoms with Gasteiger partial charge in [-0.15, -0.1) is 11.3 Å². The van der Waals surface area contributed by atoms with Gasteiger partial charge in [0.2, 0.25) is 0 Å². The molecule has 2 aromatic carbocycles. The van der Waals surface area contributed by atoms with Crippen molar-refractivity contribution < 1.29 is 14.0 Å². The topological polar surface area (TPSA) is 62.3 Å². The van der Waals surface area contributed by atoms with Gasteiger partial charge in [0.25, 0.3) is 0 Å². The molecule has 3 aromatic rings. The van der Waals surface area contributed by atoms with E-state index in [0.717, 1.165) is 33.9 Å². The first-order valence-corrected chi connectivity index (χ1v) is 9.88. The van der Waals surface area contributed by atoms with Crippen LogP contribution < -0.4 is 10.2 Å². The molecule has 0 aliphatic carbocycles. The number of amides is 2. The fourth-order valence-electron chi connectivity index (χ4n) is 3.20. The van der Waals surface area contributed by atoms with Crippen molar-refractivity contribution in [1.82, 2.24) is 10.3 Å². The van der Waals surface area contributed by atoms with Crippen LogP contribution in [0.15, 0.2) is 53.9 Å². The minimum atomic E-state index is -0.606. The highest BCUT2D eigenvalue weighted by atomic mass is 32.1. The lowest BCUT2D eigenvalue weighted by Gasteiger charge is -2.16. The molecular formula is C21H18FN3O2S. The SMILES string of the molecule is O=C(NCCc1csc(-c2ccc(F)cc2)n1)C(=O)N1CCc2ccccc21. The predicted octanol–water partition coefficient (Wildman–Crippen LogP) is 3.20. The van der Waals surface area contributed by atoms with Crippen molar-refractivity contribution in [2.45, 2.75) is 12.8 Å². The summed E-state index contributed by atoms with van der Waals surface area (Å²) >= 11 is 1.46. The van der Waals surface area contributed by atoms with Crippen LogP contribution in [0.25, 0.3) is 10.6 Å². The number of hydrogen-bond donors (Lipinski definition) is 1. The van der Waals surface area contributed by atoms with E-state index in [1.165, 1.54) is 28.4 Å². The highest BCUT2D eigenvalue weighted by Crippen LogP contribution is 2.27. The van der Waals surface area contributed by atoms with Crippen LogP contribution in [0.3, 0.4) is 0 Å². The standard InChI is InChI=1S/C21H18FN3O2S/c22-16-7-5-15(6-8-16)20-24-17(13-28-20)9-11-23-19(26)21(27)25-12-10-14-3-1-2-4-18(14)25/h1-8,13H,9-12H2,(H,23,26). The van der Waals surface area contributed by atoms with Gasteiger partial charge >= 0.3 is 11.8 Å². The zero-order chi connectivity index (χ0) is 19.5. The molecule has 1 aromatic heterocycles. The summed E-state index contributed by atoms with van der Waals surface area (Å²) in [5.41, 5.74) is 3.57. The third-order valence-electron chi connectivity index (χ3n) is 4.64. The summed E-state index contributed by atoms with van der Waals surface area (Å²) in [6.45, 7) is 0.853. The molecule has 0 radical (unpaired) electrons. The van der Waals surface area contributed by atoms with Crippen LogP contribution in [0.5, 0.6) is 0 Å². The molecule has 0 spiro atoms. The zero-order valence-corrected chi connectivity index (χ0v) is 15.8. The van der Waals surface area contributed by atoms with E-state index in [1.54, 1.807) is 12.1 Å². The molecule has 2 amide bonds. The molecule has 7 heteroatoms. The first kappa shape index (κ1) is 18.3. The molecule has 1 N–H and O–H groups in total. The first-order valence-electron chi connectivity index (χ1n) is 9.00. The number of hydrogen-bond acceptors (Lipinski definition) is 4. The van der Waals surface area contributed by atoms with E-state index in [9.17, 15) is 14.0 Å². The summed E-state index contributed by atoms with van der Waals surface area (Å²) in [5.74, 6) is -1.42. The van der Waals surface area contributed by atoms with Crippen LogP contribution in [0.1, 0.15) is 11.3 Å². The van der Waals surface area contributed by atoms with Crippen molar-refractivity contribution >= 4 is 28.8 Å². The van der Waals surface area contributed by atoms with Crippen LogP contribution in [0.4, 0.5) is 10.1 Å². The number of nitrogens with one attached hydrogen (secondary N) is 1. The van der Waals surface area contributed by atoms with Crippen LogP contribution >= 0.6 is 11.3 Å². The molecule has 0 unspecified atom stereocenters. The normalized spacial score (nSPS) is 12.7. The second kappa shape index (κ2) is 7.90. The molecule has 1 aliphatic rings. The molecule has 0 saturated heterocycles. The van der Waals surface area contributed by atoms with Gasteiger partial charge in [0, 0.05) is 36.1 Å². The first-order chi connectivity index (χ1) is 13.6. The van der Waals surface area contributed by atoms with E-state index in [1.807, 2.05) is 29.6 Å². The van der Waals surface area contributed by atoms with E-state index in [0.29, 0.717) is 19.5 Å². The largest absolute Gasteiger partial charge is 0.347 e. The summed E-state index contributed by atoms with van der Waals surface area (Å²) in [7, 11) is 0. The average molecular weight is 395 g/mol. The minimum absolute atomic E-state index is 0.284. The molecule has 0 atom stereocenters. The second-order valence-corrected chi connectivity index (χ2v) is 7.35. The Labute approximate surface area is 165 Å². The predicted molar refractivity (Wildman–Crippen MR) is 107 cm³/mol. The number of thiazole rings is 1. The highest BCUT2D eigenvalue weighted by molar-refractivity contribution is 7.13. The summed E-state index contributed by atoms with van der Waals surface area (Å²) in [6, 6.07) is 13.8. The number of anilines is 1. The summed E-state index contributed by atoms with van der Waals surface area (Å²) < 4.78 is 13.0. The average Bonchev–Trinajstić information content (AvgIpc) is 3.35. The van der Waals surface area contributed by atoms with Crippen molar-refractivity contribution in [3.63, 3.8) is 0 Å². The van der Waals surface area contributed by atoms with Crippen molar-refractivity contribution in [2.75, 3.05) is 18.0 Å². The fraction of sp³-hybridized carbons (Fsp3) is 0.190. The van der Waals surface area contributed by atoms with E-state index in [4.69, 9.17) is 0 Å². The van der Waals surface area contributed by atoms with E-state index in [2.05, 4.69) is 10.3 Å². The lowest BCUT2D eigenvalue weighted by Crippen LogP contribution is -2.43. The quantitative estimate of drug-likeness (QED) is 0.690. The lowest BCUT2D eigenvalue weighted by atomic mass is 10.2. The molecule has 0 bridgehead atoms. The van der Waals surface area contributed by atoms with Crippen LogP contribution in [0.2, 0.25) is 0 Å². The molecule has 5 nitrogen and oxygen atoms in total. The van der Waals surface area contributed by atoms with Gasteiger partial charge in [-0.2, -0.15) is 0 Å². The van der Waals surface area contributed by atoms with Gasteiger partial charge in [-0.25, -0.2) is 9.37 Å². The molecule has 142 valence electrons. The molecule has 28 heavy (non-hydrogen) atoms. The van der Waals surface area contributed by atoms with E-state index < -0.39 is 11.8 Å². The number of carbonyl (C=O) groups is 2. The van der Waals surface area contributed by atoms with Gasteiger partial charge in [-0.3, -0.25) is 9.59 Å². The van der Waals surface area contributed by atoms with Crippen molar-refractivity contribution in [3.8, 4) is 10.6 Å². The summed E-state index contributed by atoms with van der Waals surface area (Å²) in [6.07, 6.45) is 1.29. The van der Waals surface area contributed by atoms with Gasteiger partial charge in [0.05, 0.1) is 5.69 Å². The Morgan fingerprint density at radius 2 is 1.93 bits per heavy atom. The fourth-order valence-corrected chi connectivity index (χ4v) is 4.06. The molecule has 1 aliphatic heterocycles. The highest BCUT2D eigenvalue weighted by Gasteiger charge is 2.28. The Kier molecular flexibility index (Phi) is 5.16. The number of aromatic nitrogens is 1. The monoisotopic (exact) mass is 395 g/mol. The van der Waals surface area contributed by atoms with Gasteiger partial charge in [0.1, 0.15) is 10.8 Å². The minimum Gasteiger partial charge on any atom is -0.347 e. The molecule has 2 heterocycles. The summed E-state index contributed by atoms with van der Waals surface area (Å²) in [4.78, 5) is 30.7. The van der Waals surface area contributed by atoms with Gasteiger partial charge < -0.3 is 10.2 Å². The van der Waals surface area contributed by atoms with Crippen LogP contribution in [0, 0.1) is 5.82 Å². The molecular weight excluding hydrogens is 377 g/mol. The zero-order valence-electron chi connectivity index (χ0n) is 15.0. The Balaban J connectivity index is 1.31. The van der Waals surface area contributed by atoms with E-state index in [-0.39, 0.29) is 5.82 Å². The number of para-hydroxylation sites is 1. The number of rotatable bonds is 4. The Morgan fingerprint density at radius 1 is 1.14 bits per heavy atom. The second-order valence-electron chi connectivity index (χ2n) is 6.49. The maximum absolute atomic E-state index is 13.0. The van der Waals surface area contributed by atoms with Gasteiger partial charge in [0.15, 0.2) is 0 Å². The lowest BCUT2D eigenvalue weighted by molar-refractivity contribution is -0.137. The number of halogens is 1. The van der Waals surface area contributed by atoms with Crippen LogP contribution in [-0.2, 0) is 22.4 Å². The molecule has 0 saturated carbocycles. The van der Waals surface area contributed by atoms with Gasteiger partial charge in [-0.05, 0) is 42.3 Å². The molecule has 4 rings (SSSR count). The van der Waals surface area contributed by atoms with Crippen molar-refractivity contribution in [3.05, 3.63) is 71.0 Å². The van der Waals surface area contributed by atoms with Crippen molar-refractivity contribution in [2.24, 2.45) is 0 Å². The Hall–Kier alpha value is -3.06. The number of benzene rings is 2. The maximum atomic E-state index is 13.0. The van der Waals surface area contributed by atoms with Crippen molar-refractivity contribution in [1.29, 1.82) is 0 Å². The number of nitrogens with zero attached hydrogens (tertiary/aromatic N) is 2.